The fourth-order valence-corrected chi connectivity index (χ4v) is 1.92. The van der Waals surface area contributed by atoms with Crippen LogP contribution in [0, 0.1) is 5.92 Å². The lowest BCUT2D eigenvalue weighted by molar-refractivity contribution is 0.0786. The van der Waals surface area contributed by atoms with E-state index in [0.717, 1.165) is 0 Å². The largest absolute Gasteiger partial charge is 0.409 e. The van der Waals surface area contributed by atoms with Gasteiger partial charge < -0.3 is 15.8 Å². The van der Waals surface area contributed by atoms with Crippen LogP contribution in [0.5, 0.6) is 0 Å². The van der Waals surface area contributed by atoms with Gasteiger partial charge in [0.1, 0.15) is 5.84 Å². The molecule has 19 heavy (non-hydrogen) atoms. The SMILES string of the molecule is CC(CN(C)C(=O)c1cc(Cl)ccc1Cl)/C(N)=N/O. The van der Waals surface area contributed by atoms with E-state index in [-0.39, 0.29) is 17.7 Å². The molecule has 0 aliphatic heterocycles. The van der Waals surface area contributed by atoms with Gasteiger partial charge in [-0.25, -0.2) is 0 Å². The molecular weight excluding hydrogens is 289 g/mol. The average Bonchev–Trinajstić information content (AvgIpc) is 2.39. The van der Waals surface area contributed by atoms with Gasteiger partial charge in [-0.2, -0.15) is 0 Å². The molecule has 0 saturated heterocycles. The van der Waals surface area contributed by atoms with Gasteiger partial charge in [0, 0.05) is 24.5 Å². The molecule has 0 bridgehead atoms. The van der Waals surface area contributed by atoms with Gasteiger partial charge in [-0.1, -0.05) is 35.3 Å². The van der Waals surface area contributed by atoms with Gasteiger partial charge in [-0.3, -0.25) is 4.79 Å². The Bertz CT molecular complexity index is 506. The minimum Gasteiger partial charge on any atom is -0.409 e. The van der Waals surface area contributed by atoms with Crippen molar-refractivity contribution in [2.24, 2.45) is 16.8 Å². The van der Waals surface area contributed by atoms with Crippen LogP contribution in [0.3, 0.4) is 0 Å². The van der Waals surface area contributed by atoms with E-state index in [1.165, 1.54) is 11.0 Å². The Labute approximate surface area is 121 Å². The van der Waals surface area contributed by atoms with E-state index in [2.05, 4.69) is 5.16 Å². The van der Waals surface area contributed by atoms with Gasteiger partial charge in [0.2, 0.25) is 0 Å². The molecule has 1 aromatic carbocycles. The summed E-state index contributed by atoms with van der Waals surface area (Å²) in [5, 5.41) is 12.3. The standard InChI is InChI=1S/C12H15Cl2N3O2/c1-7(11(15)16-19)6-17(2)12(18)9-5-8(13)3-4-10(9)14/h3-5,7,19H,6H2,1-2H3,(H2,15,16). The van der Waals surface area contributed by atoms with Gasteiger partial charge >= 0.3 is 0 Å². The zero-order valence-electron chi connectivity index (χ0n) is 10.6. The maximum atomic E-state index is 12.2. The van der Waals surface area contributed by atoms with Gasteiger partial charge in [0.05, 0.1) is 10.6 Å². The number of nitrogens with zero attached hydrogens (tertiary/aromatic N) is 2. The molecule has 0 heterocycles. The summed E-state index contributed by atoms with van der Waals surface area (Å²) in [6.45, 7) is 2.05. The number of amides is 1. The number of hydrogen-bond acceptors (Lipinski definition) is 3. The molecule has 0 radical (unpaired) electrons. The van der Waals surface area contributed by atoms with Crippen molar-refractivity contribution in [2.45, 2.75) is 6.92 Å². The van der Waals surface area contributed by atoms with Crippen LogP contribution in [0.2, 0.25) is 10.0 Å². The van der Waals surface area contributed by atoms with Crippen molar-refractivity contribution in [3.63, 3.8) is 0 Å². The minimum atomic E-state index is -0.273. The molecule has 3 N–H and O–H groups in total. The summed E-state index contributed by atoms with van der Waals surface area (Å²) in [6, 6.07) is 4.69. The second-order valence-corrected chi connectivity index (χ2v) is 5.08. The molecule has 0 fully saturated rings. The van der Waals surface area contributed by atoms with E-state index in [9.17, 15) is 4.79 Å². The lowest BCUT2D eigenvalue weighted by Crippen LogP contribution is -2.36. The van der Waals surface area contributed by atoms with Crippen molar-refractivity contribution in [3.8, 4) is 0 Å². The first-order valence-corrected chi connectivity index (χ1v) is 6.30. The quantitative estimate of drug-likeness (QED) is 0.388. The van der Waals surface area contributed by atoms with Crippen LogP contribution >= 0.6 is 23.2 Å². The van der Waals surface area contributed by atoms with Gasteiger partial charge in [-0.15, -0.1) is 0 Å². The number of oxime groups is 1. The highest BCUT2D eigenvalue weighted by molar-refractivity contribution is 6.35. The Kier molecular flexibility index (Phi) is 5.44. The molecule has 1 rings (SSSR count). The second-order valence-electron chi connectivity index (χ2n) is 4.24. The van der Waals surface area contributed by atoms with Crippen molar-refractivity contribution < 1.29 is 10.0 Å². The molecule has 0 saturated carbocycles. The summed E-state index contributed by atoms with van der Waals surface area (Å²) >= 11 is 11.8. The summed E-state index contributed by atoms with van der Waals surface area (Å²) in [5.74, 6) is -0.473. The molecule has 7 heteroatoms. The summed E-state index contributed by atoms with van der Waals surface area (Å²) in [6.07, 6.45) is 0. The molecule has 1 amide bonds. The van der Waals surface area contributed by atoms with Crippen LogP contribution in [-0.4, -0.2) is 35.4 Å². The summed E-state index contributed by atoms with van der Waals surface area (Å²) in [5.41, 5.74) is 5.80. The highest BCUT2D eigenvalue weighted by atomic mass is 35.5. The molecule has 0 aliphatic carbocycles. The number of rotatable bonds is 4. The van der Waals surface area contributed by atoms with Gasteiger partial charge in [0.15, 0.2) is 0 Å². The zero-order chi connectivity index (χ0) is 14.6. The Morgan fingerprint density at radius 1 is 1.53 bits per heavy atom. The van der Waals surface area contributed by atoms with Crippen LogP contribution < -0.4 is 5.73 Å². The first-order chi connectivity index (χ1) is 8.86. The van der Waals surface area contributed by atoms with Gasteiger partial charge in [-0.05, 0) is 18.2 Å². The molecule has 0 aromatic heterocycles. The number of benzene rings is 1. The monoisotopic (exact) mass is 303 g/mol. The number of hydrogen-bond donors (Lipinski definition) is 2. The van der Waals surface area contributed by atoms with Crippen LogP contribution in [0.25, 0.3) is 0 Å². The van der Waals surface area contributed by atoms with E-state index in [4.69, 9.17) is 34.1 Å². The molecule has 1 unspecified atom stereocenters. The topological polar surface area (TPSA) is 78.9 Å². The lowest BCUT2D eigenvalue weighted by Gasteiger charge is -2.21. The molecule has 0 aliphatic rings. The Hall–Kier alpha value is -1.46. The summed E-state index contributed by atoms with van der Waals surface area (Å²) in [4.78, 5) is 13.6. The van der Waals surface area contributed by atoms with Crippen molar-refractivity contribution in [2.75, 3.05) is 13.6 Å². The Balaban J connectivity index is 2.85. The van der Waals surface area contributed by atoms with Crippen LogP contribution in [0.1, 0.15) is 17.3 Å². The summed E-state index contributed by atoms with van der Waals surface area (Å²) in [7, 11) is 1.61. The molecule has 1 aromatic rings. The Morgan fingerprint density at radius 3 is 2.74 bits per heavy atom. The van der Waals surface area contributed by atoms with Crippen molar-refractivity contribution >= 4 is 34.9 Å². The average molecular weight is 304 g/mol. The first-order valence-electron chi connectivity index (χ1n) is 5.54. The van der Waals surface area contributed by atoms with E-state index in [1.807, 2.05) is 0 Å². The van der Waals surface area contributed by atoms with Crippen LogP contribution in [0.4, 0.5) is 0 Å². The van der Waals surface area contributed by atoms with Crippen molar-refractivity contribution in [3.05, 3.63) is 33.8 Å². The number of carbonyl (C=O) groups excluding carboxylic acids is 1. The van der Waals surface area contributed by atoms with Crippen molar-refractivity contribution in [1.29, 1.82) is 0 Å². The third kappa shape index (κ3) is 4.01. The van der Waals surface area contributed by atoms with Gasteiger partial charge in [0.25, 0.3) is 5.91 Å². The zero-order valence-corrected chi connectivity index (χ0v) is 12.1. The fourth-order valence-electron chi connectivity index (χ4n) is 1.55. The normalized spacial score (nSPS) is 13.2. The van der Waals surface area contributed by atoms with Crippen LogP contribution in [-0.2, 0) is 0 Å². The Morgan fingerprint density at radius 2 is 2.16 bits per heavy atom. The fraction of sp³-hybridized carbons (Fsp3) is 0.333. The number of amidine groups is 1. The number of halogens is 2. The molecule has 0 spiro atoms. The van der Waals surface area contributed by atoms with Crippen molar-refractivity contribution in [1.82, 2.24) is 4.90 Å². The highest BCUT2D eigenvalue weighted by Crippen LogP contribution is 2.22. The highest BCUT2D eigenvalue weighted by Gasteiger charge is 2.19. The van der Waals surface area contributed by atoms with E-state index in [0.29, 0.717) is 22.2 Å². The van der Waals surface area contributed by atoms with Crippen LogP contribution in [0.15, 0.2) is 23.4 Å². The second kappa shape index (κ2) is 6.63. The number of carbonyl (C=O) groups is 1. The summed E-state index contributed by atoms with van der Waals surface area (Å²) < 4.78 is 0. The maximum absolute atomic E-state index is 12.2. The third-order valence-electron chi connectivity index (χ3n) is 2.67. The van der Waals surface area contributed by atoms with E-state index in [1.54, 1.807) is 26.1 Å². The molecular formula is C12H15Cl2N3O2. The first kappa shape index (κ1) is 15.6. The third-order valence-corrected chi connectivity index (χ3v) is 3.24. The molecule has 104 valence electrons. The van der Waals surface area contributed by atoms with E-state index < -0.39 is 0 Å². The predicted octanol–water partition coefficient (Wildman–Crippen LogP) is 2.45. The minimum absolute atomic E-state index is 0.0665. The molecule has 1 atom stereocenters. The number of nitrogens with two attached hydrogens (primary N) is 1. The predicted molar refractivity (Wildman–Crippen MR) is 76.0 cm³/mol. The maximum Gasteiger partial charge on any atom is 0.255 e. The van der Waals surface area contributed by atoms with E-state index >= 15 is 0 Å². The smallest absolute Gasteiger partial charge is 0.255 e. The lowest BCUT2D eigenvalue weighted by atomic mass is 10.1. The molecule has 5 nitrogen and oxygen atoms in total.